The second-order valence-electron chi connectivity index (χ2n) is 3.75. The summed E-state index contributed by atoms with van der Waals surface area (Å²) in [6.45, 7) is 0. The number of carboxylic acids is 2. The number of carbonyl (C=O) groups is 2. The standard InChI is InChI=1S/C8H12O6S/c9-7(10)1-5-3-15(13,14)4-6(5)2-8(11)12/h5-6H,1-4H2,(H,9,10)(H,11,12)/p-2/t5-,6-/m0/s1. The van der Waals surface area contributed by atoms with E-state index < -0.39 is 46.5 Å². The van der Waals surface area contributed by atoms with Crippen molar-refractivity contribution >= 4 is 21.8 Å². The monoisotopic (exact) mass is 234 g/mol. The summed E-state index contributed by atoms with van der Waals surface area (Å²) in [5, 5.41) is 20.7. The van der Waals surface area contributed by atoms with Crippen LogP contribution in [0.2, 0.25) is 0 Å². The molecule has 0 bridgehead atoms. The Hall–Kier alpha value is -1.11. The van der Waals surface area contributed by atoms with Gasteiger partial charge in [0.1, 0.15) is 0 Å². The van der Waals surface area contributed by atoms with E-state index in [1.807, 2.05) is 0 Å². The van der Waals surface area contributed by atoms with Crippen LogP contribution in [-0.2, 0) is 19.4 Å². The molecular weight excluding hydrogens is 224 g/mol. The van der Waals surface area contributed by atoms with Crippen LogP contribution in [0.25, 0.3) is 0 Å². The van der Waals surface area contributed by atoms with Gasteiger partial charge < -0.3 is 19.8 Å². The molecule has 1 saturated heterocycles. The van der Waals surface area contributed by atoms with Crippen LogP contribution in [0.3, 0.4) is 0 Å². The van der Waals surface area contributed by atoms with Gasteiger partial charge in [0.25, 0.3) is 0 Å². The lowest BCUT2D eigenvalue weighted by Gasteiger charge is -2.18. The summed E-state index contributed by atoms with van der Waals surface area (Å²) in [6.07, 6.45) is -0.839. The molecule has 15 heavy (non-hydrogen) atoms. The second kappa shape index (κ2) is 4.18. The molecule has 0 N–H and O–H groups in total. The highest BCUT2D eigenvalue weighted by atomic mass is 32.2. The van der Waals surface area contributed by atoms with Crippen molar-refractivity contribution in [1.29, 1.82) is 0 Å². The fraction of sp³-hybridized carbons (Fsp3) is 0.750. The van der Waals surface area contributed by atoms with Crippen molar-refractivity contribution in [2.75, 3.05) is 11.5 Å². The molecule has 1 aliphatic rings. The first-order valence-corrected chi connectivity index (χ1v) is 6.22. The third-order valence-electron chi connectivity index (χ3n) is 2.46. The molecule has 0 aromatic carbocycles. The Labute approximate surface area is 86.8 Å². The molecule has 0 aliphatic carbocycles. The minimum Gasteiger partial charge on any atom is -0.550 e. The predicted octanol–water partition coefficient (Wildman–Crippen LogP) is -3.07. The van der Waals surface area contributed by atoms with Gasteiger partial charge in [-0.15, -0.1) is 0 Å². The smallest absolute Gasteiger partial charge is 0.150 e. The average Bonchev–Trinajstić information content (AvgIpc) is 2.22. The molecule has 0 aromatic rings. The quantitative estimate of drug-likeness (QED) is 0.509. The Morgan fingerprint density at radius 3 is 1.60 bits per heavy atom. The largest absolute Gasteiger partial charge is 0.550 e. The Balaban J connectivity index is 2.74. The van der Waals surface area contributed by atoms with E-state index in [-0.39, 0.29) is 11.5 Å². The number of hydrogen-bond donors (Lipinski definition) is 0. The Bertz CT molecular complexity index is 341. The van der Waals surface area contributed by atoms with Crippen molar-refractivity contribution in [2.45, 2.75) is 12.8 Å². The highest BCUT2D eigenvalue weighted by molar-refractivity contribution is 7.91. The number of sulfone groups is 1. The summed E-state index contributed by atoms with van der Waals surface area (Å²) < 4.78 is 22.4. The maximum absolute atomic E-state index is 11.2. The lowest BCUT2D eigenvalue weighted by atomic mass is 9.90. The predicted molar refractivity (Wildman–Crippen MR) is 44.9 cm³/mol. The van der Waals surface area contributed by atoms with Gasteiger partial charge in [0.15, 0.2) is 9.84 Å². The van der Waals surface area contributed by atoms with Crippen molar-refractivity contribution in [3.8, 4) is 0 Å². The zero-order valence-corrected chi connectivity index (χ0v) is 8.66. The second-order valence-corrected chi connectivity index (χ2v) is 5.90. The molecule has 1 heterocycles. The molecule has 1 aliphatic heterocycles. The van der Waals surface area contributed by atoms with Crippen LogP contribution >= 0.6 is 0 Å². The first-order chi connectivity index (χ1) is 6.80. The minimum absolute atomic E-state index is 0.279. The normalized spacial score (nSPS) is 28.8. The van der Waals surface area contributed by atoms with Crippen molar-refractivity contribution in [2.24, 2.45) is 11.8 Å². The minimum atomic E-state index is -3.32. The highest BCUT2D eigenvalue weighted by Crippen LogP contribution is 2.30. The van der Waals surface area contributed by atoms with E-state index >= 15 is 0 Å². The van der Waals surface area contributed by atoms with Gasteiger partial charge in [-0.25, -0.2) is 8.42 Å². The van der Waals surface area contributed by atoms with Crippen molar-refractivity contribution in [3.05, 3.63) is 0 Å². The van der Waals surface area contributed by atoms with Gasteiger partial charge in [-0.05, 0) is 24.7 Å². The van der Waals surface area contributed by atoms with E-state index in [1.165, 1.54) is 0 Å². The van der Waals surface area contributed by atoms with E-state index in [9.17, 15) is 28.2 Å². The molecule has 6 nitrogen and oxygen atoms in total. The summed E-state index contributed by atoms with van der Waals surface area (Å²) in [4.78, 5) is 20.7. The molecular formula is C8H10O6S-2. The molecule has 7 heteroatoms. The lowest BCUT2D eigenvalue weighted by molar-refractivity contribution is -0.310. The van der Waals surface area contributed by atoms with Gasteiger partial charge in [-0.3, -0.25) is 0 Å². The fourth-order valence-electron chi connectivity index (χ4n) is 1.87. The molecule has 0 unspecified atom stereocenters. The molecule has 0 saturated carbocycles. The van der Waals surface area contributed by atoms with E-state index in [2.05, 4.69) is 0 Å². The summed E-state index contributed by atoms with van der Waals surface area (Å²) in [5.41, 5.74) is 0. The summed E-state index contributed by atoms with van der Waals surface area (Å²) >= 11 is 0. The fourth-order valence-corrected chi connectivity index (χ4v) is 4.09. The van der Waals surface area contributed by atoms with Crippen LogP contribution in [0.4, 0.5) is 0 Å². The van der Waals surface area contributed by atoms with Gasteiger partial charge in [-0.2, -0.15) is 0 Å². The molecule has 1 rings (SSSR count). The number of carbonyl (C=O) groups excluding carboxylic acids is 2. The SMILES string of the molecule is O=C([O-])C[C@H]1CS(=O)(=O)C[C@@H]1CC(=O)[O-]. The molecule has 0 amide bonds. The maximum atomic E-state index is 11.2. The number of aliphatic carboxylic acids is 2. The first-order valence-electron chi connectivity index (χ1n) is 4.40. The Morgan fingerprint density at radius 1 is 1.00 bits per heavy atom. The summed E-state index contributed by atoms with van der Waals surface area (Å²) in [6, 6.07) is 0. The molecule has 86 valence electrons. The third-order valence-corrected chi connectivity index (χ3v) is 4.33. The zero-order chi connectivity index (χ0) is 11.6. The molecule has 0 spiro atoms. The van der Waals surface area contributed by atoms with Crippen molar-refractivity contribution < 1.29 is 28.2 Å². The Morgan fingerprint density at radius 2 is 1.33 bits per heavy atom. The van der Waals surface area contributed by atoms with Crippen molar-refractivity contribution in [3.63, 3.8) is 0 Å². The van der Waals surface area contributed by atoms with Crippen LogP contribution in [0.15, 0.2) is 0 Å². The Kier molecular flexibility index (Phi) is 3.33. The first kappa shape index (κ1) is 12.0. The number of carboxylic acid groups (broad SMARTS) is 2. The highest BCUT2D eigenvalue weighted by Gasteiger charge is 2.37. The molecule has 0 aromatic heterocycles. The van der Waals surface area contributed by atoms with E-state index in [4.69, 9.17) is 0 Å². The van der Waals surface area contributed by atoms with Crippen LogP contribution in [0.1, 0.15) is 12.8 Å². The lowest BCUT2D eigenvalue weighted by Crippen LogP contribution is -2.31. The van der Waals surface area contributed by atoms with Crippen LogP contribution < -0.4 is 10.2 Å². The number of rotatable bonds is 4. The molecule has 2 atom stereocenters. The van der Waals surface area contributed by atoms with Gasteiger partial charge >= 0.3 is 0 Å². The maximum Gasteiger partial charge on any atom is 0.150 e. The van der Waals surface area contributed by atoms with Gasteiger partial charge in [0, 0.05) is 11.9 Å². The van der Waals surface area contributed by atoms with Gasteiger partial charge in [0.2, 0.25) is 0 Å². The van der Waals surface area contributed by atoms with E-state index in [0.29, 0.717) is 0 Å². The van der Waals surface area contributed by atoms with E-state index in [1.54, 1.807) is 0 Å². The van der Waals surface area contributed by atoms with Crippen molar-refractivity contribution in [1.82, 2.24) is 0 Å². The molecule has 1 fully saturated rings. The number of hydrogen-bond acceptors (Lipinski definition) is 6. The third kappa shape index (κ3) is 3.50. The van der Waals surface area contributed by atoms with Gasteiger partial charge in [-0.1, -0.05) is 0 Å². The van der Waals surface area contributed by atoms with E-state index in [0.717, 1.165) is 0 Å². The average molecular weight is 234 g/mol. The summed E-state index contributed by atoms with van der Waals surface area (Å²) in [5.74, 6) is -4.62. The van der Waals surface area contributed by atoms with Crippen LogP contribution in [0.5, 0.6) is 0 Å². The molecule has 0 radical (unpaired) electrons. The summed E-state index contributed by atoms with van der Waals surface area (Å²) in [7, 11) is -3.32. The van der Waals surface area contributed by atoms with Crippen LogP contribution in [-0.4, -0.2) is 31.9 Å². The topological polar surface area (TPSA) is 114 Å². The van der Waals surface area contributed by atoms with Crippen LogP contribution in [0, 0.1) is 11.8 Å². The zero-order valence-electron chi connectivity index (χ0n) is 7.84. The van der Waals surface area contributed by atoms with Gasteiger partial charge in [0.05, 0.1) is 11.5 Å².